The van der Waals surface area contributed by atoms with Crippen molar-refractivity contribution in [2.75, 3.05) is 5.32 Å². The highest BCUT2D eigenvalue weighted by Crippen LogP contribution is 2.37. The third-order valence-electron chi connectivity index (χ3n) is 5.17. The van der Waals surface area contributed by atoms with Crippen LogP contribution in [0.3, 0.4) is 0 Å². The number of rotatable bonds is 6. The van der Waals surface area contributed by atoms with Crippen molar-refractivity contribution in [3.05, 3.63) is 52.9 Å². The standard InChI is InChI=1S/C21H27N3O4Si/c1-14-18(12-23-28-14)19(25)17(11-22)20(26)24-16-9-7-8-15(10-16)13-27-29(5,6)21(2,3)4/h7-10,12,25H,13H2,1-6H3,(H,24,26). The maximum absolute atomic E-state index is 12.5. The molecule has 0 radical (unpaired) electrons. The smallest absolute Gasteiger partial charge is 0.270 e. The van der Waals surface area contributed by atoms with Crippen LogP contribution in [0.2, 0.25) is 18.1 Å². The summed E-state index contributed by atoms with van der Waals surface area (Å²) in [5.74, 6) is -0.873. The Morgan fingerprint density at radius 2 is 2.07 bits per heavy atom. The van der Waals surface area contributed by atoms with Gasteiger partial charge >= 0.3 is 0 Å². The first-order chi connectivity index (χ1) is 13.5. The lowest BCUT2D eigenvalue weighted by molar-refractivity contribution is -0.112. The monoisotopic (exact) mass is 413 g/mol. The maximum Gasteiger partial charge on any atom is 0.270 e. The second-order valence-electron chi connectivity index (χ2n) is 8.33. The molecule has 29 heavy (non-hydrogen) atoms. The third kappa shape index (κ3) is 5.34. The van der Waals surface area contributed by atoms with E-state index in [1.54, 1.807) is 31.2 Å². The summed E-state index contributed by atoms with van der Waals surface area (Å²) >= 11 is 0. The van der Waals surface area contributed by atoms with E-state index in [4.69, 9.17) is 8.95 Å². The average Bonchev–Trinajstić information content (AvgIpc) is 3.06. The fourth-order valence-electron chi connectivity index (χ4n) is 2.28. The van der Waals surface area contributed by atoms with Gasteiger partial charge in [0.05, 0.1) is 18.4 Å². The third-order valence-corrected chi connectivity index (χ3v) is 9.65. The van der Waals surface area contributed by atoms with Crippen LogP contribution in [0.25, 0.3) is 5.76 Å². The lowest BCUT2D eigenvalue weighted by Gasteiger charge is -2.36. The summed E-state index contributed by atoms with van der Waals surface area (Å²) in [5.41, 5.74) is 1.20. The fourth-order valence-corrected chi connectivity index (χ4v) is 3.25. The van der Waals surface area contributed by atoms with Crippen molar-refractivity contribution >= 4 is 25.7 Å². The minimum atomic E-state index is -1.90. The van der Waals surface area contributed by atoms with Crippen LogP contribution < -0.4 is 5.32 Å². The molecule has 2 N–H and O–H groups in total. The normalized spacial score (nSPS) is 12.9. The summed E-state index contributed by atoms with van der Waals surface area (Å²) in [7, 11) is -1.90. The molecule has 7 nitrogen and oxygen atoms in total. The number of aliphatic hydroxyl groups is 1. The molecule has 8 heteroatoms. The molecule has 1 aromatic heterocycles. The SMILES string of the molecule is Cc1oncc1C(O)=C(C#N)C(=O)Nc1cccc(CO[Si](C)(C)C(C)(C)C)c1. The van der Waals surface area contributed by atoms with Gasteiger partial charge in [-0.2, -0.15) is 5.26 Å². The van der Waals surface area contributed by atoms with Gasteiger partial charge in [-0.25, -0.2) is 0 Å². The first-order valence-electron chi connectivity index (χ1n) is 9.25. The van der Waals surface area contributed by atoms with E-state index in [1.165, 1.54) is 6.20 Å². The molecule has 0 aliphatic carbocycles. The Kier molecular flexibility index (Phi) is 6.67. The highest BCUT2D eigenvalue weighted by molar-refractivity contribution is 6.74. The molecule has 0 saturated carbocycles. The van der Waals surface area contributed by atoms with Crippen molar-refractivity contribution in [2.45, 2.75) is 52.4 Å². The number of hydrogen-bond acceptors (Lipinski definition) is 6. The molecule has 0 bridgehead atoms. The second kappa shape index (κ2) is 8.63. The highest BCUT2D eigenvalue weighted by atomic mass is 28.4. The fraction of sp³-hybridized carbons (Fsp3) is 0.381. The van der Waals surface area contributed by atoms with Gasteiger partial charge in [0.15, 0.2) is 19.6 Å². The van der Waals surface area contributed by atoms with Crippen molar-refractivity contribution in [3.8, 4) is 6.07 Å². The van der Waals surface area contributed by atoms with E-state index in [1.807, 2.05) is 6.07 Å². The molecule has 2 rings (SSSR count). The van der Waals surface area contributed by atoms with Crippen LogP contribution in [0.1, 0.15) is 37.7 Å². The van der Waals surface area contributed by atoms with Gasteiger partial charge in [0, 0.05) is 5.69 Å². The van der Waals surface area contributed by atoms with E-state index in [0.29, 0.717) is 18.1 Å². The van der Waals surface area contributed by atoms with Crippen molar-refractivity contribution < 1.29 is 18.9 Å². The zero-order chi connectivity index (χ0) is 21.8. The molecular weight excluding hydrogens is 386 g/mol. The molecular formula is C21H27N3O4Si. The van der Waals surface area contributed by atoms with E-state index in [-0.39, 0.29) is 10.6 Å². The summed E-state index contributed by atoms with van der Waals surface area (Å²) in [4.78, 5) is 12.5. The minimum absolute atomic E-state index is 0.100. The number of anilines is 1. The molecule has 0 aliphatic heterocycles. The lowest BCUT2D eigenvalue weighted by Crippen LogP contribution is -2.40. The molecule has 1 heterocycles. The second-order valence-corrected chi connectivity index (χ2v) is 13.1. The number of aliphatic hydroxyl groups excluding tert-OH is 1. The molecule has 1 amide bonds. The van der Waals surface area contributed by atoms with Gasteiger partial charge in [-0.15, -0.1) is 0 Å². The highest BCUT2D eigenvalue weighted by Gasteiger charge is 2.37. The van der Waals surface area contributed by atoms with Crippen LogP contribution in [-0.2, 0) is 15.8 Å². The van der Waals surface area contributed by atoms with Crippen LogP contribution in [0.4, 0.5) is 5.69 Å². The lowest BCUT2D eigenvalue weighted by atomic mass is 10.1. The molecule has 0 aliphatic rings. The molecule has 0 unspecified atom stereocenters. The topological polar surface area (TPSA) is 108 Å². The Balaban J connectivity index is 2.16. The van der Waals surface area contributed by atoms with Gasteiger partial charge in [0.25, 0.3) is 5.91 Å². The van der Waals surface area contributed by atoms with E-state index >= 15 is 0 Å². The van der Waals surface area contributed by atoms with Crippen molar-refractivity contribution in [1.82, 2.24) is 5.16 Å². The van der Waals surface area contributed by atoms with Crippen LogP contribution in [0, 0.1) is 18.3 Å². The summed E-state index contributed by atoms with van der Waals surface area (Å²) in [6, 6.07) is 8.97. The first-order valence-corrected chi connectivity index (χ1v) is 12.2. The van der Waals surface area contributed by atoms with Crippen molar-refractivity contribution in [1.29, 1.82) is 5.26 Å². The number of benzene rings is 1. The van der Waals surface area contributed by atoms with E-state index < -0.39 is 25.6 Å². The van der Waals surface area contributed by atoms with Gasteiger partial charge < -0.3 is 19.4 Å². The van der Waals surface area contributed by atoms with Crippen LogP contribution in [0.15, 0.2) is 40.6 Å². The molecule has 0 fully saturated rings. The number of nitriles is 1. The first kappa shape index (κ1) is 22.4. The summed E-state index contributed by atoms with van der Waals surface area (Å²) in [6.07, 6.45) is 1.26. The Morgan fingerprint density at radius 3 is 2.62 bits per heavy atom. The molecule has 0 atom stereocenters. The predicted octanol–water partition coefficient (Wildman–Crippen LogP) is 4.94. The maximum atomic E-state index is 12.5. The van der Waals surface area contributed by atoms with E-state index in [2.05, 4.69) is 44.3 Å². The van der Waals surface area contributed by atoms with Gasteiger partial charge in [0.1, 0.15) is 11.8 Å². The number of carbonyl (C=O) groups is 1. The molecule has 0 spiro atoms. The Morgan fingerprint density at radius 1 is 1.38 bits per heavy atom. The number of amides is 1. The average molecular weight is 414 g/mol. The van der Waals surface area contributed by atoms with Crippen LogP contribution in [-0.4, -0.2) is 24.5 Å². The molecule has 2 aromatic rings. The van der Waals surface area contributed by atoms with Gasteiger partial charge in [-0.1, -0.05) is 38.1 Å². The minimum Gasteiger partial charge on any atom is -0.506 e. The van der Waals surface area contributed by atoms with E-state index in [0.717, 1.165) is 5.56 Å². The van der Waals surface area contributed by atoms with Crippen molar-refractivity contribution in [2.24, 2.45) is 0 Å². The number of nitrogens with zero attached hydrogens (tertiary/aromatic N) is 2. The largest absolute Gasteiger partial charge is 0.506 e. The summed E-state index contributed by atoms with van der Waals surface area (Å²) in [6.45, 7) is 12.9. The summed E-state index contributed by atoms with van der Waals surface area (Å²) in [5, 5.41) is 25.9. The Bertz CT molecular complexity index is 965. The zero-order valence-corrected chi connectivity index (χ0v) is 18.7. The van der Waals surface area contributed by atoms with E-state index in [9.17, 15) is 15.2 Å². The number of nitrogens with one attached hydrogen (secondary N) is 1. The zero-order valence-electron chi connectivity index (χ0n) is 17.7. The Hall–Kier alpha value is -2.89. The van der Waals surface area contributed by atoms with Crippen LogP contribution in [0.5, 0.6) is 0 Å². The number of carbonyl (C=O) groups excluding carboxylic acids is 1. The quantitative estimate of drug-likeness (QED) is 0.301. The Labute approximate surface area is 172 Å². The summed E-state index contributed by atoms with van der Waals surface area (Å²) < 4.78 is 11.1. The number of hydrogen-bond donors (Lipinski definition) is 2. The van der Waals surface area contributed by atoms with Gasteiger partial charge in [-0.05, 0) is 42.8 Å². The predicted molar refractivity (Wildman–Crippen MR) is 113 cm³/mol. The number of aromatic nitrogens is 1. The molecule has 0 saturated heterocycles. The number of aryl methyl sites for hydroxylation is 1. The van der Waals surface area contributed by atoms with Crippen molar-refractivity contribution in [3.63, 3.8) is 0 Å². The molecule has 1 aromatic carbocycles. The van der Waals surface area contributed by atoms with Crippen LogP contribution >= 0.6 is 0 Å². The van der Waals surface area contributed by atoms with Gasteiger partial charge in [0.2, 0.25) is 0 Å². The molecule has 154 valence electrons. The van der Waals surface area contributed by atoms with Gasteiger partial charge in [-0.3, -0.25) is 4.79 Å².